The fourth-order valence-electron chi connectivity index (χ4n) is 2.19. The van der Waals surface area contributed by atoms with Crippen LogP contribution in [0.1, 0.15) is 29.3 Å². The molecule has 0 bridgehead atoms. The zero-order valence-corrected chi connectivity index (χ0v) is 14.6. The molecule has 0 unspecified atom stereocenters. The van der Waals surface area contributed by atoms with E-state index < -0.39 is 0 Å². The van der Waals surface area contributed by atoms with E-state index in [-0.39, 0.29) is 5.91 Å². The fraction of sp³-hybridized carbons (Fsp3) is 0.222. The monoisotopic (exact) mass is 346 g/mol. The molecule has 0 spiro atoms. The molecular weight excluding hydrogens is 328 g/mol. The maximum absolute atomic E-state index is 12.2. The molecule has 6 heteroatoms. The van der Waals surface area contributed by atoms with E-state index in [1.165, 1.54) is 0 Å². The van der Waals surface area contributed by atoms with Crippen LogP contribution in [0.2, 0.25) is 5.02 Å². The van der Waals surface area contributed by atoms with Crippen molar-refractivity contribution in [1.82, 2.24) is 5.43 Å². The number of nitrogens with one attached hydrogen (secondary N) is 1. The molecule has 24 heavy (non-hydrogen) atoms. The van der Waals surface area contributed by atoms with Crippen molar-refractivity contribution < 1.29 is 14.3 Å². The van der Waals surface area contributed by atoms with Crippen molar-refractivity contribution in [1.29, 1.82) is 0 Å². The summed E-state index contributed by atoms with van der Waals surface area (Å²) in [6.45, 7) is 1.96. The Morgan fingerprint density at radius 3 is 2.46 bits per heavy atom. The first-order chi connectivity index (χ1) is 11.6. The summed E-state index contributed by atoms with van der Waals surface area (Å²) in [7, 11) is 3.15. The third-order valence-electron chi connectivity index (χ3n) is 3.46. The van der Waals surface area contributed by atoms with Gasteiger partial charge < -0.3 is 9.47 Å². The van der Waals surface area contributed by atoms with E-state index in [4.69, 9.17) is 21.1 Å². The molecule has 5 nitrogen and oxygen atoms in total. The number of carbonyl (C=O) groups excluding carboxylic acids is 1. The molecule has 0 radical (unpaired) electrons. The maximum atomic E-state index is 12.2. The van der Waals surface area contributed by atoms with Gasteiger partial charge in [-0.2, -0.15) is 5.10 Å². The predicted octanol–water partition coefficient (Wildman–Crippen LogP) is 3.90. The van der Waals surface area contributed by atoms with Crippen LogP contribution in [0.3, 0.4) is 0 Å². The highest BCUT2D eigenvalue weighted by molar-refractivity contribution is 6.33. The smallest absolute Gasteiger partial charge is 0.272 e. The summed E-state index contributed by atoms with van der Waals surface area (Å²) >= 11 is 6.02. The fourth-order valence-corrected chi connectivity index (χ4v) is 2.41. The lowest BCUT2D eigenvalue weighted by Gasteiger charge is -2.11. The van der Waals surface area contributed by atoms with Gasteiger partial charge in [-0.05, 0) is 36.8 Å². The Labute approximate surface area is 146 Å². The number of carbonyl (C=O) groups is 1. The molecule has 126 valence electrons. The Hall–Kier alpha value is -2.53. The number of ether oxygens (including phenoxy) is 2. The summed E-state index contributed by atoms with van der Waals surface area (Å²) in [6.07, 6.45) is 0.637. The van der Waals surface area contributed by atoms with Gasteiger partial charge in [-0.3, -0.25) is 4.79 Å². The first-order valence-electron chi connectivity index (χ1n) is 7.44. The van der Waals surface area contributed by atoms with Crippen LogP contribution in [0.25, 0.3) is 0 Å². The van der Waals surface area contributed by atoms with E-state index in [1.54, 1.807) is 44.6 Å². The molecule has 1 N–H and O–H groups in total. The quantitative estimate of drug-likeness (QED) is 0.637. The second kappa shape index (κ2) is 8.36. The number of rotatable bonds is 6. The number of nitrogens with zero attached hydrogens (tertiary/aromatic N) is 1. The normalized spacial score (nSPS) is 11.1. The minimum atomic E-state index is -0.355. The highest BCUT2D eigenvalue weighted by Gasteiger charge is 2.11. The standard InChI is InChI=1S/C18H19ClN2O3/c1-4-15(12-9-10-16(23-2)17(11-12)24-3)20-21-18(22)13-7-5-6-8-14(13)19/h5-11H,4H2,1-3H3,(H,21,22)/b20-15-. The van der Waals surface area contributed by atoms with Gasteiger partial charge >= 0.3 is 0 Å². The minimum absolute atomic E-state index is 0.355. The largest absolute Gasteiger partial charge is 0.493 e. The van der Waals surface area contributed by atoms with Gasteiger partial charge in [0, 0.05) is 5.56 Å². The minimum Gasteiger partial charge on any atom is -0.493 e. The predicted molar refractivity (Wildman–Crippen MR) is 95.3 cm³/mol. The molecule has 2 aromatic rings. The van der Waals surface area contributed by atoms with Gasteiger partial charge in [-0.15, -0.1) is 0 Å². The number of hydrogen-bond acceptors (Lipinski definition) is 4. The molecule has 0 fully saturated rings. The molecule has 0 aliphatic heterocycles. The van der Waals surface area contributed by atoms with Crippen molar-refractivity contribution >= 4 is 23.2 Å². The van der Waals surface area contributed by atoms with Crippen LogP contribution in [0.4, 0.5) is 0 Å². The van der Waals surface area contributed by atoms with Crippen LogP contribution >= 0.6 is 11.6 Å². The summed E-state index contributed by atoms with van der Waals surface area (Å²) in [6, 6.07) is 12.3. The summed E-state index contributed by atoms with van der Waals surface area (Å²) < 4.78 is 10.5. The Morgan fingerprint density at radius 1 is 1.12 bits per heavy atom. The zero-order chi connectivity index (χ0) is 17.5. The molecule has 0 atom stereocenters. The number of hydrogen-bond donors (Lipinski definition) is 1. The van der Waals surface area contributed by atoms with Crippen LogP contribution in [-0.2, 0) is 0 Å². The third-order valence-corrected chi connectivity index (χ3v) is 3.79. The summed E-state index contributed by atoms with van der Waals surface area (Å²) in [4.78, 5) is 12.2. The van der Waals surface area contributed by atoms with Gasteiger partial charge in [0.2, 0.25) is 0 Å². The van der Waals surface area contributed by atoms with E-state index >= 15 is 0 Å². The van der Waals surface area contributed by atoms with Crippen LogP contribution in [0.5, 0.6) is 11.5 Å². The lowest BCUT2D eigenvalue weighted by Crippen LogP contribution is -2.20. The molecule has 0 saturated carbocycles. The third kappa shape index (κ3) is 4.06. The van der Waals surface area contributed by atoms with Crippen LogP contribution < -0.4 is 14.9 Å². The van der Waals surface area contributed by atoms with Crippen molar-refractivity contribution in [2.45, 2.75) is 13.3 Å². The molecule has 0 aliphatic carbocycles. The molecule has 0 aromatic heterocycles. The van der Waals surface area contributed by atoms with Crippen molar-refractivity contribution in [2.24, 2.45) is 5.10 Å². The van der Waals surface area contributed by atoms with Gasteiger partial charge in [-0.1, -0.05) is 30.7 Å². The number of hydrazone groups is 1. The summed E-state index contributed by atoms with van der Waals surface area (Å²) in [5.41, 5.74) is 4.49. The van der Waals surface area contributed by atoms with Gasteiger partial charge in [0.1, 0.15) is 0 Å². The number of amides is 1. The lowest BCUT2D eigenvalue weighted by molar-refractivity contribution is 0.0955. The van der Waals surface area contributed by atoms with Crippen molar-refractivity contribution in [2.75, 3.05) is 14.2 Å². The Morgan fingerprint density at radius 2 is 1.83 bits per heavy atom. The second-order valence-corrected chi connectivity index (χ2v) is 5.31. The summed E-state index contributed by atoms with van der Waals surface area (Å²) in [5.74, 6) is 0.886. The first-order valence-corrected chi connectivity index (χ1v) is 7.82. The van der Waals surface area contributed by atoms with E-state index in [1.807, 2.05) is 19.1 Å². The molecule has 0 saturated heterocycles. The SMILES string of the molecule is CC/C(=N/NC(=O)c1ccccc1Cl)c1ccc(OC)c(OC)c1. The first kappa shape index (κ1) is 17.8. The molecule has 0 aliphatic rings. The van der Waals surface area contributed by atoms with Crippen molar-refractivity contribution in [3.05, 3.63) is 58.6 Å². The molecule has 0 heterocycles. The molecule has 2 aromatic carbocycles. The lowest BCUT2D eigenvalue weighted by atomic mass is 10.1. The number of halogens is 1. The van der Waals surface area contributed by atoms with E-state index in [2.05, 4.69) is 10.5 Å². The summed E-state index contributed by atoms with van der Waals surface area (Å²) in [5, 5.41) is 4.61. The van der Waals surface area contributed by atoms with E-state index in [0.29, 0.717) is 28.5 Å². The van der Waals surface area contributed by atoms with Gasteiger partial charge in [0.25, 0.3) is 5.91 Å². The zero-order valence-electron chi connectivity index (χ0n) is 13.8. The van der Waals surface area contributed by atoms with Crippen LogP contribution in [0, 0.1) is 0 Å². The molecule has 2 rings (SSSR count). The second-order valence-electron chi connectivity index (χ2n) is 4.90. The maximum Gasteiger partial charge on any atom is 0.272 e. The Bertz CT molecular complexity index is 760. The van der Waals surface area contributed by atoms with Gasteiger partial charge in [0.15, 0.2) is 11.5 Å². The topological polar surface area (TPSA) is 59.9 Å². The Balaban J connectivity index is 2.23. The average molecular weight is 347 g/mol. The van der Waals surface area contributed by atoms with Crippen molar-refractivity contribution in [3.63, 3.8) is 0 Å². The Kier molecular flexibility index (Phi) is 6.21. The van der Waals surface area contributed by atoms with Crippen LogP contribution in [-0.4, -0.2) is 25.8 Å². The van der Waals surface area contributed by atoms with Crippen LogP contribution in [0.15, 0.2) is 47.6 Å². The molecule has 1 amide bonds. The number of methoxy groups -OCH3 is 2. The average Bonchev–Trinajstić information content (AvgIpc) is 2.62. The van der Waals surface area contributed by atoms with Gasteiger partial charge in [-0.25, -0.2) is 5.43 Å². The van der Waals surface area contributed by atoms with E-state index in [9.17, 15) is 4.79 Å². The van der Waals surface area contributed by atoms with E-state index in [0.717, 1.165) is 11.3 Å². The van der Waals surface area contributed by atoms with Gasteiger partial charge in [0.05, 0.1) is 30.5 Å². The highest BCUT2D eigenvalue weighted by Crippen LogP contribution is 2.28. The number of benzene rings is 2. The van der Waals surface area contributed by atoms with Crippen molar-refractivity contribution in [3.8, 4) is 11.5 Å². The highest BCUT2D eigenvalue weighted by atomic mass is 35.5. The molecular formula is C18H19ClN2O3.